The summed E-state index contributed by atoms with van der Waals surface area (Å²) in [5.74, 6) is 1.58. The molecule has 6 atom stereocenters. The van der Waals surface area contributed by atoms with Gasteiger partial charge in [-0.15, -0.1) is 0 Å². The molecule has 0 spiro atoms. The number of alkyl halides is 6. The van der Waals surface area contributed by atoms with Crippen LogP contribution in [-0.4, -0.2) is 125 Å². The molecule has 0 aromatic carbocycles. The van der Waals surface area contributed by atoms with E-state index in [1.165, 1.54) is 21.2 Å². The number of nitrogens with zero attached hydrogens (tertiary/aromatic N) is 14. The summed E-state index contributed by atoms with van der Waals surface area (Å²) in [5, 5.41) is 30.3. The lowest BCUT2D eigenvalue weighted by molar-refractivity contribution is -0.142. The molecule has 10 heterocycles. The molecule has 5 N–H and O–H groups in total. The summed E-state index contributed by atoms with van der Waals surface area (Å²) >= 11 is 6.33. The number of H-pyrrole nitrogens is 2. The molecule has 20 nitrogen and oxygen atoms in total. The van der Waals surface area contributed by atoms with Crippen molar-refractivity contribution in [2.24, 2.45) is 0 Å². The van der Waals surface area contributed by atoms with Crippen LogP contribution >= 0.6 is 11.6 Å². The smallest absolute Gasteiger partial charge is 0.434 e. The van der Waals surface area contributed by atoms with Gasteiger partial charge in [0.05, 0.1) is 55.9 Å². The standard InChI is InChI=1S/C22H24F3N9O2.C20H19ClF3N9/c1-12-10-33(13(2)20(30-12)14-6-28-29-7-14)17-5-19(36-4-3-35)32-21(31-17)15-8-27-18-9-26-16(11-34(15)18)22(23,24)25;1-10-8-32(11(2)18(29-10)12-4-27-28-5-12)16-3-15(21)30-19(31-16)13-6-26-17-7-25-14(9-33(13)17)20(22,23)24/h5-9,11-13,20,30,35H,3-4,10H2,1-2H3,(H,28,29);3-7,9-11,18,29H,8H2,1-2H3,(H,27,28). The van der Waals surface area contributed by atoms with Crippen molar-refractivity contribution >= 4 is 34.5 Å². The van der Waals surface area contributed by atoms with E-state index in [4.69, 9.17) is 21.3 Å². The van der Waals surface area contributed by atoms with Gasteiger partial charge < -0.3 is 30.3 Å². The molecule has 6 unspecified atom stereocenters. The summed E-state index contributed by atoms with van der Waals surface area (Å²) in [6.07, 6.45) is 4.65. The number of hydrogen-bond acceptors (Lipinski definition) is 16. The van der Waals surface area contributed by atoms with Gasteiger partial charge in [-0.2, -0.15) is 41.5 Å². The Labute approximate surface area is 392 Å². The highest BCUT2D eigenvalue weighted by molar-refractivity contribution is 6.29. The zero-order valence-corrected chi connectivity index (χ0v) is 37.7. The van der Waals surface area contributed by atoms with Crippen molar-refractivity contribution in [3.8, 4) is 28.9 Å². The molecule has 0 bridgehead atoms. The lowest BCUT2D eigenvalue weighted by Crippen LogP contribution is -2.56. The summed E-state index contributed by atoms with van der Waals surface area (Å²) in [4.78, 5) is 37.4. The summed E-state index contributed by atoms with van der Waals surface area (Å²) < 4.78 is 87.6. The quantitative estimate of drug-likeness (QED) is 0.0858. The Balaban J connectivity index is 0.000000172. The third-order valence-electron chi connectivity index (χ3n) is 11.7. The number of anilines is 2. The summed E-state index contributed by atoms with van der Waals surface area (Å²) in [6, 6.07) is 3.40. The lowest BCUT2D eigenvalue weighted by Gasteiger charge is -2.43. The van der Waals surface area contributed by atoms with Crippen LogP contribution in [0.25, 0.3) is 34.3 Å². The van der Waals surface area contributed by atoms with Crippen molar-refractivity contribution in [2.75, 3.05) is 36.1 Å². The first-order chi connectivity index (χ1) is 32.9. The molecule has 0 saturated carbocycles. The maximum Gasteiger partial charge on any atom is 0.434 e. The molecule has 0 amide bonds. The first kappa shape index (κ1) is 47.1. The molecule has 8 aromatic rings. The summed E-state index contributed by atoms with van der Waals surface area (Å²) in [6.45, 7) is 9.24. The van der Waals surface area contributed by atoms with Crippen LogP contribution in [0.5, 0.6) is 5.88 Å². The van der Waals surface area contributed by atoms with Gasteiger partial charge in [0.25, 0.3) is 0 Å². The molecule has 2 aliphatic rings. The first-order valence-electron chi connectivity index (χ1n) is 21.5. The van der Waals surface area contributed by atoms with Gasteiger partial charge in [-0.3, -0.25) is 19.0 Å². The SMILES string of the molecule is CC1CN(c2cc(Cl)nc(-c3cnc4cnc(C(F)(F)F)cn34)n2)C(C)C(c2cn[nH]c2)N1.CC1CN(c2cc(OCCO)nc(-c3cnc4cnc(C(F)(F)F)cn34)n2)C(C)C(c2cn[nH]c2)N1. The van der Waals surface area contributed by atoms with Crippen molar-refractivity contribution in [2.45, 2.75) is 76.3 Å². The van der Waals surface area contributed by atoms with E-state index in [9.17, 15) is 31.4 Å². The number of aliphatic hydroxyl groups excluding tert-OH is 1. The number of ether oxygens (including phenoxy) is 1. The molecule has 0 radical (unpaired) electrons. The van der Waals surface area contributed by atoms with Crippen LogP contribution in [0, 0.1) is 0 Å². The van der Waals surface area contributed by atoms with Crippen LogP contribution < -0.4 is 25.2 Å². The number of hydrogen-bond donors (Lipinski definition) is 5. The van der Waals surface area contributed by atoms with Crippen LogP contribution in [0.15, 0.2) is 74.1 Å². The molecule has 69 heavy (non-hydrogen) atoms. The predicted octanol–water partition coefficient (Wildman–Crippen LogP) is 5.74. The van der Waals surface area contributed by atoms with Crippen molar-refractivity contribution in [3.05, 3.63) is 102 Å². The summed E-state index contributed by atoms with van der Waals surface area (Å²) in [5.41, 5.74) is 0.882. The maximum absolute atomic E-state index is 13.3. The molecular formula is C42H43ClF6N18O2. The highest BCUT2D eigenvalue weighted by Gasteiger charge is 2.37. The van der Waals surface area contributed by atoms with E-state index in [1.807, 2.05) is 26.2 Å². The molecule has 2 fully saturated rings. The van der Waals surface area contributed by atoms with E-state index in [1.54, 1.807) is 24.5 Å². The molecule has 362 valence electrons. The van der Waals surface area contributed by atoms with Crippen LogP contribution in [0.2, 0.25) is 5.15 Å². The topological polar surface area (TPSA) is 229 Å². The van der Waals surface area contributed by atoms with Crippen LogP contribution in [-0.2, 0) is 12.4 Å². The third-order valence-corrected chi connectivity index (χ3v) is 11.9. The molecular weight excluding hydrogens is 938 g/mol. The van der Waals surface area contributed by atoms with E-state index >= 15 is 0 Å². The predicted molar refractivity (Wildman–Crippen MR) is 237 cm³/mol. The fourth-order valence-electron chi connectivity index (χ4n) is 8.46. The van der Waals surface area contributed by atoms with E-state index in [2.05, 4.69) is 89.6 Å². The number of rotatable bonds is 9. The molecule has 8 aromatic heterocycles. The van der Waals surface area contributed by atoms with Crippen LogP contribution in [0.4, 0.5) is 38.0 Å². The van der Waals surface area contributed by atoms with E-state index in [0.29, 0.717) is 24.7 Å². The molecule has 2 saturated heterocycles. The average molecular weight is 981 g/mol. The average Bonchev–Trinajstić information content (AvgIpc) is 4.17. The van der Waals surface area contributed by atoms with Gasteiger partial charge in [0.15, 0.2) is 34.3 Å². The monoisotopic (exact) mass is 980 g/mol. The zero-order chi connectivity index (χ0) is 48.8. The Bertz CT molecular complexity index is 3040. The fraction of sp³-hybridized carbons (Fsp3) is 0.381. The highest BCUT2D eigenvalue weighted by Crippen LogP contribution is 2.35. The van der Waals surface area contributed by atoms with Gasteiger partial charge in [-0.05, 0) is 27.7 Å². The second-order valence-corrected chi connectivity index (χ2v) is 16.9. The molecule has 0 aliphatic carbocycles. The minimum Gasteiger partial charge on any atom is -0.475 e. The van der Waals surface area contributed by atoms with Gasteiger partial charge in [0, 0.05) is 85.3 Å². The number of imidazole rings is 2. The molecule has 10 rings (SSSR count). The number of halogens is 7. The third kappa shape index (κ3) is 9.82. The van der Waals surface area contributed by atoms with Crippen molar-refractivity contribution in [1.29, 1.82) is 0 Å². The summed E-state index contributed by atoms with van der Waals surface area (Å²) in [7, 11) is 0. The fourth-order valence-corrected chi connectivity index (χ4v) is 8.64. The molecule has 2 aliphatic heterocycles. The van der Waals surface area contributed by atoms with E-state index in [0.717, 1.165) is 35.9 Å². The van der Waals surface area contributed by atoms with Gasteiger partial charge >= 0.3 is 12.4 Å². The highest BCUT2D eigenvalue weighted by atomic mass is 35.5. The minimum atomic E-state index is -4.62. The second kappa shape index (κ2) is 18.8. The number of fused-ring (bicyclic) bond motifs is 2. The van der Waals surface area contributed by atoms with Gasteiger partial charge in [-0.25, -0.2) is 34.9 Å². The minimum absolute atomic E-state index is 0.00363. The number of piperazine rings is 2. The van der Waals surface area contributed by atoms with E-state index in [-0.39, 0.29) is 94.8 Å². The second-order valence-electron chi connectivity index (χ2n) is 16.6. The largest absolute Gasteiger partial charge is 0.475 e. The maximum atomic E-state index is 13.3. The van der Waals surface area contributed by atoms with Crippen LogP contribution in [0.3, 0.4) is 0 Å². The Morgan fingerprint density at radius 1 is 0.652 bits per heavy atom. The zero-order valence-electron chi connectivity index (χ0n) is 37.0. The lowest BCUT2D eigenvalue weighted by atomic mass is 9.97. The number of aliphatic hydroxyl groups is 1. The Kier molecular flexibility index (Phi) is 12.8. The van der Waals surface area contributed by atoms with Crippen LogP contribution in [0.1, 0.15) is 62.3 Å². The van der Waals surface area contributed by atoms with Gasteiger partial charge in [0.2, 0.25) is 5.88 Å². The number of nitrogens with one attached hydrogen (secondary N) is 4. The first-order valence-corrected chi connectivity index (χ1v) is 21.8. The molecule has 27 heteroatoms. The van der Waals surface area contributed by atoms with E-state index < -0.39 is 23.7 Å². The number of aromatic amines is 2. The van der Waals surface area contributed by atoms with Crippen molar-refractivity contribution < 1.29 is 36.2 Å². The van der Waals surface area contributed by atoms with Gasteiger partial charge in [0.1, 0.15) is 34.8 Å². The Hall–Kier alpha value is -7.03. The normalized spacial score (nSPS) is 21.2. The van der Waals surface area contributed by atoms with Gasteiger partial charge in [-0.1, -0.05) is 11.6 Å². The Morgan fingerprint density at radius 3 is 1.58 bits per heavy atom. The van der Waals surface area contributed by atoms with Crippen molar-refractivity contribution in [1.82, 2.24) is 79.7 Å². The Morgan fingerprint density at radius 2 is 1.13 bits per heavy atom. The van der Waals surface area contributed by atoms with Crippen molar-refractivity contribution in [3.63, 3.8) is 0 Å². The number of aromatic nitrogens is 14.